The number of hydrogen-bond donors (Lipinski definition) is 1. The normalized spacial score (nSPS) is 33.4. The number of nitrogens with zero attached hydrogens (tertiary/aromatic N) is 1. The molecule has 1 aromatic rings. The first-order valence-corrected chi connectivity index (χ1v) is 11.7. The van der Waals surface area contributed by atoms with Crippen LogP contribution in [0.3, 0.4) is 0 Å². The van der Waals surface area contributed by atoms with E-state index >= 15 is 0 Å². The summed E-state index contributed by atoms with van der Waals surface area (Å²) >= 11 is 0. The van der Waals surface area contributed by atoms with Gasteiger partial charge in [0.1, 0.15) is 6.04 Å². The summed E-state index contributed by atoms with van der Waals surface area (Å²) in [6, 6.07) is 4.71. The SMILES string of the molecule is COC(=O)c1ccc(C)c(NC(=O)[C@H]2CCCN2C(=O)C23CC4CC(CC(C4)C2)C3)c1. The Labute approximate surface area is 183 Å². The number of carbonyl (C=O) groups excluding carboxylic acids is 3. The summed E-state index contributed by atoms with van der Waals surface area (Å²) in [5, 5.41) is 2.99. The van der Waals surface area contributed by atoms with Gasteiger partial charge in [0.15, 0.2) is 0 Å². The molecule has 0 aromatic heterocycles. The molecule has 0 radical (unpaired) electrons. The highest BCUT2D eigenvalue weighted by atomic mass is 16.5. The van der Waals surface area contributed by atoms with Gasteiger partial charge in [-0.05, 0) is 93.7 Å². The molecule has 1 atom stereocenters. The van der Waals surface area contributed by atoms with Crippen molar-refractivity contribution in [2.45, 2.75) is 64.3 Å². The number of methoxy groups -OCH3 is 1. The molecule has 1 N–H and O–H groups in total. The molecule has 6 rings (SSSR count). The molecule has 31 heavy (non-hydrogen) atoms. The lowest BCUT2D eigenvalue weighted by molar-refractivity contribution is -0.160. The molecular weight excluding hydrogens is 392 g/mol. The molecule has 166 valence electrons. The second kappa shape index (κ2) is 7.64. The average Bonchev–Trinajstić information content (AvgIpc) is 3.23. The number of ether oxygens (including phenoxy) is 1. The van der Waals surface area contributed by atoms with Crippen molar-refractivity contribution in [2.75, 3.05) is 19.0 Å². The number of benzene rings is 1. The van der Waals surface area contributed by atoms with Gasteiger partial charge in [0, 0.05) is 12.2 Å². The fourth-order valence-corrected chi connectivity index (χ4v) is 7.18. The molecule has 5 fully saturated rings. The molecule has 2 amide bonds. The van der Waals surface area contributed by atoms with Gasteiger partial charge in [-0.25, -0.2) is 4.79 Å². The lowest BCUT2D eigenvalue weighted by atomic mass is 9.49. The van der Waals surface area contributed by atoms with E-state index in [1.54, 1.807) is 18.2 Å². The standard InChI is InChI=1S/C25H32N2O4/c1-15-5-6-19(23(29)31-2)11-20(15)26-22(28)21-4-3-7-27(21)24(30)25-12-16-8-17(13-25)10-18(9-16)14-25/h5-6,11,16-18,21H,3-4,7-10,12-14H2,1-2H3,(H,26,28)/t16?,17?,18?,21-,25?/m1/s1. The van der Waals surface area contributed by atoms with Gasteiger partial charge >= 0.3 is 5.97 Å². The lowest BCUT2D eigenvalue weighted by Crippen LogP contribution is -2.56. The van der Waals surface area contributed by atoms with E-state index in [1.165, 1.54) is 26.4 Å². The number of esters is 1. The molecule has 1 heterocycles. The van der Waals surface area contributed by atoms with Crippen molar-refractivity contribution in [2.24, 2.45) is 23.2 Å². The van der Waals surface area contributed by atoms with Gasteiger partial charge in [0.2, 0.25) is 11.8 Å². The van der Waals surface area contributed by atoms with E-state index in [2.05, 4.69) is 5.32 Å². The largest absolute Gasteiger partial charge is 0.465 e. The molecule has 6 nitrogen and oxygen atoms in total. The molecule has 1 aromatic carbocycles. The zero-order valence-electron chi connectivity index (χ0n) is 18.5. The minimum Gasteiger partial charge on any atom is -0.465 e. The maximum atomic E-state index is 13.8. The summed E-state index contributed by atoms with van der Waals surface area (Å²) < 4.78 is 4.80. The fraction of sp³-hybridized carbons (Fsp3) is 0.640. The molecular formula is C25H32N2O4. The van der Waals surface area contributed by atoms with Crippen LogP contribution in [0.25, 0.3) is 0 Å². The number of rotatable bonds is 4. The molecule has 4 saturated carbocycles. The summed E-state index contributed by atoms with van der Waals surface area (Å²) in [6.07, 6.45) is 8.50. The molecule has 1 saturated heterocycles. The van der Waals surface area contributed by atoms with Crippen molar-refractivity contribution in [3.63, 3.8) is 0 Å². The van der Waals surface area contributed by atoms with Crippen LogP contribution in [0, 0.1) is 30.1 Å². The van der Waals surface area contributed by atoms with Crippen LogP contribution in [-0.4, -0.2) is 42.4 Å². The van der Waals surface area contributed by atoms with Gasteiger partial charge in [0.05, 0.1) is 18.1 Å². The molecule has 0 spiro atoms. The summed E-state index contributed by atoms with van der Waals surface area (Å²) in [7, 11) is 1.34. The number of aryl methyl sites for hydroxylation is 1. The average molecular weight is 425 g/mol. The quantitative estimate of drug-likeness (QED) is 0.743. The van der Waals surface area contributed by atoms with Gasteiger partial charge in [0.25, 0.3) is 0 Å². The van der Waals surface area contributed by atoms with Crippen molar-refractivity contribution in [3.8, 4) is 0 Å². The van der Waals surface area contributed by atoms with Crippen LogP contribution in [0.4, 0.5) is 5.69 Å². The Bertz CT molecular complexity index is 889. The van der Waals surface area contributed by atoms with Crippen LogP contribution >= 0.6 is 0 Å². The smallest absolute Gasteiger partial charge is 0.337 e. The first-order chi connectivity index (χ1) is 14.9. The van der Waals surface area contributed by atoms with Crippen molar-refractivity contribution in [3.05, 3.63) is 29.3 Å². The lowest BCUT2D eigenvalue weighted by Gasteiger charge is -2.56. The van der Waals surface area contributed by atoms with Crippen molar-refractivity contribution in [1.29, 1.82) is 0 Å². The molecule has 5 aliphatic rings. The Morgan fingerprint density at radius 1 is 1.06 bits per heavy atom. The van der Waals surface area contributed by atoms with Crippen LogP contribution < -0.4 is 5.32 Å². The third-order valence-corrected chi connectivity index (χ3v) is 8.22. The Hall–Kier alpha value is -2.37. The first kappa shape index (κ1) is 20.5. The van der Waals surface area contributed by atoms with Crippen LogP contribution in [0.15, 0.2) is 18.2 Å². The third-order valence-electron chi connectivity index (χ3n) is 8.22. The highest BCUT2D eigenvalue weighted by Gasteiger charge is 2.56. The van der Waals surface area contributed by atoms with Crippen molar-refractivity contribution < 1.29 is 19.1 Å². The summed E-state index contributed by atoms with van der Waals surface area (Å²) in [5.41, 5.74) is 1.65. The van der Waals surface area contributed by atoms with Crippen LogP contribution in [-0.2, 0) is 14.3 Å². The highest BCUT2D eigenvalue weighted by Crippen LogP contribution is 2.60. The van der Waals surface area contributed by atoms with E-state index in [1.807, 2.05) is 11.8 Å². The summed E-state index contributed by atoms with van der Waals surface area (Å²) in [6.45, 7) is 2.56. The zero-order chi connectivity index (χ0) is 21.8. The fourth-order valence-electron chi connectivity index (χ4n) is 7.18. The zero-order valence-corrected chi connectivity index (χ0v) is 18.5. The van der Waals surface area contributed by atoms with E-state index < -0.39 is 12.0 Å². The molecule has 4 aliphatic carbocycles. The monoisotopic (exact) mass is 424 g/mol. The van der Waals surface area contributed by atoms with Crippen LogP contribution in [0.2, 0.25) is 0 Å². The predicted molar refractivity (Wildman–Crippen MR) is 116 cm³/mol. The Morgan fingerprint density at radius 3 is 2.32 bits per heavy atom. The maximum absolute atomic E-state index is 13.8. The van der Waals surface area contributed by atoms with E-state index in [-0.39, 0.29) is 17.2 Å². The van der Waals surface area contributed by atoms with E-state index in [9.17, 15) is 14.4 Å². The van der Waals surface area contributed by atoms with E-state index in [4.69, 9.17) is 4.74 Å². The topological polar surface area (TPSA) is 75.7 Å². The predicted octanol–water partition coefficient (Wildman–Crippen LogP) is 3.93. The Morgan fingerprint density at radius 2 is 1.71 bits per heavy atom. The molecule has 1 aliphatic heterocycles. The van der Waals surface area contributed by atoms with Gasteiger partial charge in [-0.3, -0.25) is 9.59 Å². The highest BCUT2D eigenvalue weighted by molar-refractivity contribution is 6.00. The second-order valence-corrected chi connectivity index (χ2v) is 10.4. The molecule has 4 bridgehead atoms. The van der Waals surface area contributed by atoms with Gasteiger partial charge in [-0.1, -0.05) is 6.07 Å². The van der Waals surface area contributed by atoms with E-state index in [0.29, 0.717) is 42.0 Å². The number of amides is 2. The third kappa shape index (κ3) is 3.54. The minimum absolute atomic E-state index is 0.152. The van der Waals surface area contributed by atoms with Crippen LogP contribution in [0.5, 0.6) is 0 Å². The summed E-state index contributed by atoms with van der Waals surface area (Å²) in [5.74, 6) is 1.75. The van der Waals surface area contributed by atoms with Crippen molar-refractivity contribution >= 4 is 23.5 Å². The Balaban J connectivity index is 1.33. The second-order valence-electron chi connectivity index (χ2n) is 10.4. The summed E-state index contributed by atoms with van der Waals surface area (Å²) in [4.78, 5) is 40.8. The first-order valence-electron chi connectivity index (χ1n) is 11.7. The van der Waals surface area contributed by atoms with Gasteiger partial charge in [-0.2, -0.15) is 0 Å². The van der Waals surface area contributed by atoms with E-state index in [0.717, 1.165) is 31.2 Å². The number of anilines is 1. The Kier molecular flexibility index (Phi) is 5.06. The van der Waals surface area contributed by atoms with Crippen molar-refractivity contribution in [1.82, 2.24) is 4.90 Å². The van der Waals surface area contributed by atoms with Gasteiger partial charge in [-0.15, -0.1) is 0 Å². The molecule has 6 heteroatoms. The maximum Gasteiger partial charge on any atom is 0.337 e. The number of hydrogen-bond acceptors (Lipinski definition) is 4. The van der Waals surface area contributed by atoms with Crippen LogP contribution in [0.1, 0.15) is 67.3 Å². The van der Waals surface area contributed by atoms with Gasteiger partial charge < -0.3 is 15.0 Å². The number of nitrogens with one attached hydrogen (secondary N) is 1. The number of likely N-dealkylation sites (tertiary alicyclic amines) is 1. The minimum atomic E-state index is -0.435. The molecule has 0 unspecified atom stereocenters. The number of carbonyl (C=O) groups is 3.